The average Bonchev–Trinajstić information content (AvgIpc) is 2.43. The number of esters is 1. The Balaban J connectivity index is 4.33. The Kier molecular flexibility index (Phi) is 8.23. The van der Waals surface area contributed by atoms with Crippen LogP contribution in [0.3, 0.4) is 0 Å². The minimum atomic E-state index is -2.32. The lowest BCUT2D eigenvalue weighted by atomic mass is 10.1. The first kappa shape index (κ1) is 15.8. The predicted octanol–water partition coefficient (Wildman–Crippen LogP) is 1.89. The highest BCUT2D eigenvalue weighted by Crippen LogP contribution is 2.11. The fourth-order valence-electron chi connectivity index (χ4n) is 2.31. The highest BCUT2D eigenvalue weighted by Gasteiger charge is 2.22. The lowest BCUT2D eigenvalue weighted by molar-refractivity contribution is -0.873. The fourth-order valence-corrected chi connectivity index (χ4v) is 2.31. The zero-order chi connectivity index (χ0) is 19.5. The number of aliphatic carboxylic acids is 1. The van der Waals surface area contributed by atoms with Crippen molar-refractivity contribution in [1.29, 1.82) is 0 Å². The van der Waals surface area contributed by atoms with Crippen LogP contribution in [0.15, 0.2) is 0 Å². The number of likely N-dealkylation sites (N-methyl/N-ethyl adjacent to an activating group) is 1. The number of ether oxygens (including phenoxy) is 1. The summed E-state index contributed by atoms with van der Waals surface area (Å²) in [6, 6.07) is 0. The zero-order valence-corrected chi connectivity index (χ0v) is 14.2. The van der Waals surface area contributed by atoms with E-state index in [1.54, 1.807) is 0 Å². The van der Waals surface area contributed by atoms with E-state index in [-0.39, 0.29) is 13.0 Å². The van der Waals surface area contributed by atoms with E-state index in [0.717, 1.165) is 19.3 Å². The third-order valence-electron chi connectivity index (χ3n) is 3.34. The lowest BCUT2D eigenvalue weighted by Gasteiger charge is -2.29. The van der Waals surface area contributed by atoms with Gasteiger partial charge in [0.15, 0.2) is 6.10 Å². The molecule has 0 aliphatic rings. The van der Waals surface area contributed by atoms with E-state index < -0.39 is 35.9 Å². The molecule has 0 rings (SSSR count). The summed E-state index contributed by atoms with van der Waals surface area (Å²) in [7, 11) is 2.92. The van der Waals surface area contributed by atoms with Crippen LogP contribution >= 0.6 is 0 Å². The first-order chi connectivity index (χ1) is 11.5. The molecular weight excluding hydrogens is 282 g/mol. The van der Waals surface area contributed by atoms with Gasteiger partial charge in [0.25, 0.3) is 0 Å². The van der Waals surface area contributed by atoms with E-state index in [9.17, 15) is 14.7 Å². The number of rotatable bonds is 13. The molecule has 0 fully saturated rings. The van der Waals surface area contributed by atoms with Crippen molar-refractivity contribution in [2.45, 2.75) is 70.8 Å². The largest absolute Gasteiger partial charge is 0.550 e. The monoisotopic (exact) mass is 318 g/mol. The second-order valence-corrected chi connectivity index (χ2v) is 6.43. The van der Waals surface area contributed by atoms with E-state index in [1.165, 1.54) is 33.4 Å². The Labute approximate surface area is 139 Å². The maximum atomic E-state index is 11.9. The summed E-state index contributed by atoms with van der Waals surface area (Å²) in [6.07, 6.45) is 6.19. The van der Waals surface area contributed by atoms with Gasteiger partial charge in [-0.1, -0.05) is 45.4 Å². The maximum absolute atomic E-state index is 11.9. The third kappa shape index (κ3) is 13.9. The Morgan fingerprint density at radius 2 is 1.73 bits per heavy atom. The van der Waals surface area contributed by atoms with Gasteiger partial charge in [-0.15, -0.1) is 0 Å². The number of carbonyl (C=O) groups is 2. The van der Waals surface area contributed by atoms with Crippen molar-refractivity contribution in [2.24, 2.45) is 0 Å². The van der Waals surface area contributed by atoms with Crippen LogP contribution in [-0.4, -0.2) is 50.1 Å². The van der Waals surface area contributed by atoms with Crippen LogP contribution in [0.2, 0.25) is 0 Å². The average molecular weight is 318 g/mol. The zero-order valence-electron chi connectivity index (χ0n) is 17.2. The molecule has 0 radical (unpaired) electrons. The van der Waals surface area contributed by atoms with Gasteiger partial charge >= 0.3 is 5.97 Å². The van der Waals surface area contributed by atoms with Gasteiger partial charge in [0.2, 0.25) is 0 Å². The number of carbonyl (C=O) groups excluding carboxylic acids is 2. The van der Waals surface area contributed by atoms with Crippen LogP contribution in [0.5, 0.6) is 0 Å². The highest BCUT2D eigenvalue weighted by molar-refractivity contribution is 5.70. The molecule has 22 heavy (non-hydrogen) atoms. The molecule has 0 aromatic heterocycles. The van der Waals surface area contributed by atoms with Crippen LogP contribution in [0.1, 0.15) is 68.8 Å². The van der Waals surface area contributed by atoms with E-state index in [1.807, 2.05) is 0 Å². The molecule has 0 spiro atoms. The number of hydrogen-bond acceptors (Lipinski definition) is 4. The summed E-state index contributed by atoms with van der Waals surface area (Å²) in [5.41, 5.74) is 0. The van der Waals surface area contributed by atoms with Crippen molar-refractivity contribution in [2.75, 3.05) is 27.6 Å². The van der Waals surface area contributed by atoms with E-state index in [2.05, 4.69) is 6.92 Å². The number of carboxylic acid groups (broad SMARTS) is 1. The van der Waals surface area contributed by atoms with Crippen molar-refractivity contribution in [3.63, 3.8) is 0 Å². The van der Waals surface area contributed by atoms with Crippen LogP contribution < -0.4 is 5.11 Å². The van der Waals surface area contributed by atoms with Crippen molar-refractivity contribution in [3.05, 3.63) is 0 Å². The molecule has 0 bridgehead atoms. The van der Waals surface area contributed by atoms with Gasteiger partial charge in [-0.3, -0.25) is 4.79 Å². The number of unbranched alkanes of at least 4 members (excludes halogenated alkanes) is 6. The summed E-state index contributed by atoms with van der Waals surface area (Å²) in [4.78, 5) is 22.8. The SMILES string of the molecule is [2H]C([2H])([2H])[N+](C)(C)CC(CC(=O)[O-])OC(=O)CCCCCCCCC. The van der Waals surface area contributed by atoms with Gasteiger partial charge < -0.3 is 19.1 Å². The molecule has 130 valence electrons. The number of carboxylic acids is 1. The third-order valence-corrected chi connectivity index (χ3v) is 3.34. The van der Waals surface area contributed by atoms with E-state index in [0.29, 0.717) is 6.42 Å². The van der Waals surface area contributed by atoms with E-state index in [4.69, 9.17) is 8.85 Å². The van der Waals surface area contributed by atoms with Gasteiger partial charge in [0.1, 0.15) is 6.54 Å². The normalized spacial score (nSPS) is 15.5. The number of hydrogen-bond donors (Lipinski definition) is 0. The molecule has 0 N–H and O–H groups in total. The van der Waals surface area contributed by atoms with Gasteiger partial charge in [0.05, 0.1) is 25.2 Å². The summed E-state index contributed by atoms with van der Waals surface area (Å²) < 4.78 is 27.3. The second kappa shape index (κ2) is 11.5. The molecule has 0 aliphatic carbocycles. The molecule has 1 atom stereocenters. The van der Waals surface area contributed by atoms with Gasteiger partial charge in [-0.25, -0.2) is 0 Å². The smallest absolute Gasteiger partial charge is 0.306 e. The van der Waals surface area contributed by atoms with Crippen LogP contribution in [0.25, 0.3) is 0 Å². The molecule has 0 aliphatic heterocycles. The Hall–Kier alpha value is -1.10. The van der Waals surface area contributed by atoms with E-state index >= 15 is 0 Å². The Bertz CT molecular complexity index is 411. The Morgan fingerprint density at radius 3 is 2.27 bits per heavy atom. The second-order valence-electron chi connectivity index (χ2n) is 6.43. The quantitative estimate of drug-likeness (QED) is 0.295. The lowest BCUT2D eigenvalue weighted by Crippen LogP contribution is -2.45. The molecule has 0 amide bonds. The summed E-state index contributed by atoms with van der Waals surface area (Å²) in [5.74, 6) is -1.84. The number of quaternary nitrogens is 1. The van der Waals surface area contributed by atoms with Crippen molar-refractivity contribution >= 4 is 11.9 Å². The molecule has 0 saturated heterocycles. The van der Waals surface area contributed by atoms with Crippen LogP contribution in [0.4, 0.5) is 0 Å². The van der Waals surface area contributed by atoms with Crippen LogP contribution in [-0.2, 0) is 14.3 Å². The molecule has 1 unspecified atom stereocenters. The molecule has 0 aromatic rings. The molecule has 0 heterocycles. The first-order valence-corrected chi connectivity index (χ1v) is 8.22. The van der Waals surface area contributed by atoms with Crippen molar-refractivity contribution in [1.82, 2.24) is 0 Å². The summed E-state index contributed by atoms with van der Waals surface area (Å²) in [6.45, 7) is -0.270. The fraction of sp³-hybridized carbons (Fsp3) is 0.882. The molecule has 5 heteroatoms. The molecular formula is C17H33NO4. The summed E-state index contributed by atoms with van der Waals surface area (Å²) >= 11 is 0. The topological polar surface area (TPSA) is 66.4 Å². The van der Waals surface area contributed by atoms with Gasteiger partial charge in [0, 0.05) is 18.8 Å². The summed E-state index contributed by atoms with van der Waals surface area (Å²) in [5, 5.41) is 10.9. The minimum absolute atomic E-state index is 0.104. The number of nitrogens with zero attached hydrogens (tertiary/aromatic N) is 1. The van der Waals surface area contributed by atoms with Gasteiger partial charge in [-0.05, 0) is 6.42 Å². The minimum Gasteiger partial charge on any atom is -0.550 e. The maximum Gasteiger partial charge on any atom is 0.306 e. The predicted molar refractivity (Wildman–Crippen MR) is 85.0 cm³/mol. The van der Waals surface area contributed by atoms with Crippen LogP contribution in [0, 0.1) is 0 Å². The van der Waals surface area contributed by atoms with Crippen molar-refractivity contribution < 1.29 is 28.0 Å². The standard InChI is InChI=1S/C17H33NO4/c1-5-6-7-8-9-10-11-12-17(21)22-15(13-16(19)20)14-18(2,3)4/h15H,5-14H2,1-4H3/i2D3. The van der Waals surface area contributed by atoms with Gasteiger partial charge in [-0.2, -0.15) is 0 Å². The Morgan fingerprint density at radius 1 is 1.14 bits per heavy atom. The molecule has 0 aromatic carbocycles. The highest BCUT2D eigenvalue weighted by atomic mass is 16.5. The van der Waals surface area contributed by atoms with Crippen molar-refractivity contribution in [3.8, 4) is 0 Å². The molecule has 0 saturated carbocycles. The molecule has 5 nitrogen and oxygen atoms in total. The first-order valence-electron chi connectivity index (χ1n) is 9.72.